The zero-order valence-electron chi connectivity index (χ0n) is 19.0. The second-order valence-corrected chi connectivity index (χ2v) is 9.11. The molecule has 0 radical (unpaired) electrons. The van der Waals surface area contributed by atoms with Crippen LogP contribution in [0.5, 0.6) is 0 Å². The van der Waals surface area contributed by atoms with E-state index in [0.717, 1.165) is 11.9 Å². The number of piperazine rings is 1. The van der Waals surface area contributed by atoms with E-state index in [1.807, 2.05) is 31.3 Å². The number of carbonyl (C=O) groups excluding carboxylic acids is 2. The second-order valence-electron chi connectivity index (χ2n) is 7.62. The lowest BCUT2D eigenvalue weighted by Crippen LogP contribution is -2.50. The Hall–Kier alpha value is -3.24. The van der Waals surface area contributed by atoms with E-state index >= 15 is 0 Å². The van der Waals surface area contributed by atoms with Crippen molar-refractivity contribution in [3.8, 4) is 0 Å². The molecule has 1 aromatic heterocycles. The third-order valence-electron chi connectivity index (χ3n) is 5.38. The third kappa shape index (κ3) is 6.88. The number of aromatic amines is 1. The number of aryl methyl sites for hydroxylation is 1. The molecule has 10 heteroatoms. The van der Waals surface area contributed by atoms with E-state index in [9.17, 15) is 18.2 Å². The fourth-order valence-corrected chi connectivity index (χ4v) is 4.74. The molecule has 8 nitrogen and oxygen atoms in total. The predicted molar refractivity (Wildman–Crippen MR) is 129 cm³/mol. The summed E-state index contributed by atoms with van der Waals surface area (Å²) in [5, 5.41) is 1.19. The number of nitrogens with two attached hydrogens (primary N) is 1. The lowest BCUT2D eigenvalue weighted by atomic mass is 10.1. The predicted octanol–water partition coefficient (Wildman–Crippen LogP) is 3.21. The first-order valence-corrected chi connectivity index (χ1v) is 12.2. The number of fused-ring (bicyclic) bond motifs is 1. The number of hydrogen-bond donors (Lipinski definition) is 2. The van der Waals surface area contributed by atoms with Gasteiger partial charge in [0.1, 0.15) is 16.8 Å². The summed E-state index contributed by atoms with van der Waals surface area (Å²) in [6.07, 6.45) is 3.13. The minimum absolute atomic E-state index is 0.132. The Morgan fingerprint density at radius 1 is 1.09 bits per heavy atom. The molecular formula is C24H29FN4O4S. The normalized spacial score (nSPS) is 14.8. The molecule has 34 heavy (non-hydrogen) atoms. The van der Waals surface area contributed by atoms with Crippen LogP contribution in [0, 0.1) is 5.82 Å². The first kappa shape index (κ1) is 25.4. The van der Waals surface area contributed by atoms with Crippen molar-refractivity contribution in [3.63, 3.8) is 0 Å². The number of ether oxygens (including phenoxy) is 1. The molecule has 0 aliphatic carbocycles. The number of para-hydroxylation sites is 1. The number of H-pyrrole nitrogens is 1. The SMILES string of the molecule is CCOC(=O)CCc1c[nH]c2ccccc12.NC(=O)N1CCN(S(=O)c2ccc(F)cc2)CC1. The van der Waals surface area contributed by atoms with Gasteiger partial charge in [0.15, 0.2) is 0 Å². The fourth-order valence-electron chi connectivity index (χ4n) is 3.58. The van der Waals surface area contributed by atoms with Gasteiger partial charge in [-0.2, -0.15) is 0 Å². The van der Waals surface area contributed by atoms with Gasteiger partial charge in [0, 0.05) is 49.7 Å². The highest BCUT2D eigenvalue weighted by Gasteiger charge is 2.23. The Morgan fingerprint density at radius 2 is 1.76 bits per heavy atom. The number of nitrogens with zero attached hydrogens (tertiary/aromatic N) is 2. The van der Waals surface area contributed by atoms with E-state index in [4.69, 9.17) is 10.5 Å². The van der Waals surface area contributed by atoms with Gasteiger partial charge in [-0.15, -0.1) is 0 Å². The third-order valence-corrected chi connectivity index (χ3v) is 6.89. The number of carbonyl (C=O) groups is 2. The maximum Gasteiger partial charge on any atom is 0.314 e. The van der Waals surface area contributed by atoms with Crippen LogP contribution in [0.15, 0.2) is 59.6 Å². The number of aromatic nitrogens is 1. The summed E-state index contributed by atoms with van der Waals surface area (Å²) in [5.74, 6) is -0.484. The van der Waals surface area contributed by atoms with Crippen molar-refractivity contribution >= 4 is 33.9 Å². The Labute approximate surface area is 200 Å². The van der Waals surface area contributed by atoms with E-state index in [1.54, 1.807) is 4.31 Å². The molecule has 4 rings (SSSR count). The van der Waals surface area contributed by atoms with Crippen molar-refractivity contribution in [2.45, 2.75) is 24.7 Å². The maximum atomic E-state index is 12.8. The Balaban J connectivity index is 0.000000192. The van der Waals surface area contributed by atoms with Crippen LogP contribution >= 0.6 is 0 Å². The molecule has 3 aromatic rings. The molecule has 2 heterocycles. The second kappa shape index (κ2) is 12.3. The summed E-state index contributed by atoms with van der Waals surface area (Å²) in [6.45, 7) is 4.18. The van der Waals surface area contributed by atoms with Gasteiger partial charge < -0.3 is 20.4 Å². The van der Waals surface area contributed by atoms with Gasteiger partial charge in [-0.25, -0.2) is 17.7 Å². The minimum atomic E-state index is -1.32. The summed E-state index contributed by atoms with van der Waals surface area (Å²) in [7, 11) is -1.32. The quantitative estimate of drug-likeness (QED) is 0.519. The van der Waals surface area contributed by atoms with E-state index in [-0.39, 0.29) is 11.8 Å². The maximum absolute atomic E-state index is 12.8. The topological polar surface area (TPSA) is 109 Å². The van der Waals surface area contributed by atoms with E-state index in [0.29, 0.717) is 44.1 Å². The summed E-state index contributed by atoms with van der Waals surface area (Å²) in [4.78, 5) is 27.5. The largest absolute Gasteiger partial charge is 0.466 e. The number of benzene rings is 2. The van der Waals surface area contributed by atoms with Crippen LogP contribution in [0.1, 0.15) is 18.9 Å². The fraction of sp³-hybridized carbons (Fsp3) is 0.333. The smallest absolute Gasteiger partial charge is 0.314 e. The Bertz CT molecular complexity index is 1130. The van der Waals surface area contributed by atoms with Crippen LogP contribution in [0.2, 0.25) is 0 Å². The van der Waals surface area contributed by atoms with E-state index < -0.39 is 17.0 Å². The number of urea groups is 1. The first-order chi connectivity index (χ1) is 16.4. The number of esters is 1. The highest BCUT2D eigenvalue weighted by atomic mass is 32.2. The Kier molecular flexibility index (Phi) is 9.17. The van der Waals surface area contributed by atoms with Crippen molar-refractivity contribution in [2.75, 3.05) is 32.8 Å². The number of rotatable bonds is 6. The van der Waals surface area contributed by atoms with Crippen LogP contribution < -0.4 is 5.73 Å². The van der Waals surface area contributed by atoms with Gasteiger partial charge in [-0.05, 0) is 49.2 Å². The number of amides is 2. The molecule has 1 aliphatic heterocycles. The zero-order valence-corrected chi connectivity index (χ0v) is 19.9. The summed E-state index contributed by atoms with van der Waals surface area (Å²) >= 11 is 0. The van der Waals surface area contributed by atoms with Gasteiger partial charge in [-0.3, -0.25) is 4.79 Å². The summed E-state index contributed by atoms with van der Waals surface area (Å²) in [5.41, 5.74) is 7.45. The van der Waals surface area contributed by atoms with E-state index in [2.05, 4.69) is 11.1 Å². The van der Waals surface area contributed by atoms with Crippen LogP contribution in [0.25, 0.3) is 10.9 Å². The molecule has 0 spiro atoms. The molecule has 1 aliphatic rings. The van der Waals surface area contributed by atoms with Gasteiger partial charge in [-0.1, -0.05) is 18.2 Å². The molecular weight excluding hydrogens is 459 g/mol. The van der Waals surface area contributed by atoms with Crippen LogP contribution in [0.3, 0.4) is 0 Å². The average Bonchev–Trinajstić information content (AvgIpc) is 3.27. The summed E-state index contributed by atoms with van der Waals surface area (Å²) < 4.78 is 31.6. The zero-order chi connectivity index (χ0) is 24.5. The van der Waals surface area contributed by atoms with Crippen molar-refractivity contribution < 1.29 is 22.9 Å². The van der Waals surface area contributed by atoms with Gasteiger partial charge in [0.2, 0.25) is 0 Å². The lowest BCUT2D eigenvalue weighted by molar-refractivity contribution is -0.143. The van der Waals surface area contributed by atoms with Gasteiger partial charge in [0.05, 0.1) is 11.5 Å². The first-order valence-electron chi connectivity index (χ1n) is 11.1. The van der Waals surface area contributed by atoms with Crippen LogP contribution in [-0.4, -0.2) is 63.2 Å². The molecule has 0 bridgehead atoms. The summed E-state index contributed by atoms with van der Waals surface area (Å²) in [6, 6.07) is 13.2. The number of hydrogen-bond acceptors (Lipinski definition) is 4. The van der Waals surface area contributed by atoms with E-state index in [1.165, 1.54) is 40.1 Å². The molecule has 2 amide bonds. The molecule has 2 aromatic carbocycles. The highest BCUT2D eigenvalue weighted by Crippen LogP contribution is 2.19. The molecule has 1 unspecified atom stereocenters. The molecule has 182 valence electrons. The molecule has 1 fully saturated rings. The van der Waals surface area contributed by atoms with Crippen LogP contribution in [0.4, 0.5) is 9.18 Å². The van der Waals surface area contributed by atoms with Crippen molar-refractivity contribution in [2.24, 2.45) is 5.73 Å². The lowest BCUT2D eigenvalue weighted by Gasteiger charge is -2.32. The standard InChI is InChI=1S/C13H15NO2.C11H14FN3O2S/c1-2-16-13(15)8-7-10-9-14-12-6-4-3-5-11(10)12;12-9-1-3-10(4-2-9)18(17)15-7-5-14(6-8-15)11(13)16/h3-6,9,14H,2,7-8H2,1H3;1-4H,5-8H2,(H2,13,16). The highest BCUT2D eigenvalue weighted by molar-refractivity contribution is 7.82. The minimum Gasteiger partial charge on any atom is -0.466 e. The molecule has 1 saturated heterocycles. The number of halogens is 1. The number of primary amides is 1. The number of nitrogens with one attached hydrogen (secondary N) is 1. The Morgan fingerprint density at radius 3 is 2.41 bits per heavy atom. The van der Waals surface area contributed by atoms with Gasteiger partial charge in [0.25, 0.3) is 0 Å². The molecule has 1 atom stereocenters. The average molecular weight is 489 g/mol. The van der Waals surface area contributed by atoms with Crippen LogP contribution in [-0.2, 0) is 26.9 Å². The van der Waals surface area contributed by atoms with Gasteiger partial charge >= 0.3 is 12.0 Å². The van der Waals surface area contributed by atoms with Crippen molar-refractivity contribution in [3.05, 3.63) is 66.1 Å². The molecule has 0 saturated carbocycles. The monoisotopic (exact) mass is 488 g/mol. The van der Waals surface area contributed by atoms with Crippen molar-refractivity contribution in [1.82, 2.24) is 14.2 Å². The molecule has 3 N–H and O–H groups in total. The van der Waals surface area contributed by atoms with Crippen molar-refractivity contribution in [1.29, 1.82) is 0 Å².